The van der Waals surface area contributed by atoms with E-state index in [0.29, 0.717) is 35.5 Å². The highest BCUT2D eigenvalue weighted by Gasteiger charge is 2.25. The molecule has 8 heteroatoms. The van der Waals surface area contributed by atoms with Gasteiger partial charge in [0.1, 0.15) is 11.6 Å². The van der Waals surface area contributed by atoms with Crippen LogP contribution in [0.5, 0.6) is 0 Å². The summed E-state index contributed by atoms with van der Waals surface area (Å²) in [6.07, 6.45) is 2.43. The van der Waals surface area contributed by atoms with Crippen molar-refractivity contribution in [1.82, 2.24) is 20.2 Å². The molecule has 0 bridgehead atoms. The van der Waals surface area contributed by atoms with Crippen molar-refractivity contribution >= 4 is 23.4 Å². The van der Waals surface area contributed by atoms with Gasteiger partial charge in [0, 0.05) is 30.3 Å². The minimum absolute atomic E-state index is 0.176. The Kier molecular flexibility index (Phi) is 4.11. The number of H-pyrrole nitrogens is 1. The van der Waals surface area contributed by atoms with E-state index in [1.165, 1.54) is 12.8 Å². The second kappa shape index (κ2) is 6.72. The lowest BCUT2D eigenvalue weighted by atomic mass is 10.1. The second-order valence-corrected chi connectivity index (χ2v) is 6.27. The van der Waals surface area contributed by atoms with Gasteiger partial charge in [-0.25, -0.2) is 0 Å². The first-order valence-corrected chi connectivity index (χ1v) is 8.39. The molecule has 0 saturated heterocycles. The van der Waals surface area contributed by atoms with E-state index in [9.17, 15) is 0 Å². The van der Waals surface area contributed by atoms with Crippen molar-refractivity contribution in [2.45, 2.75) is 25.3 Å². The highest BCUT2D eigenvalue weighted by atomic mass is 15.2. The van der Waals surface area contributed by atoms with E-state index in [1.807, 2.05) is 18.2 Å². The van der Waals surface area contributed by atoms with Gasteiger partial charge in [0.05, 0.1) is 11.6 Å². The summed E-state index contributed by atoms with van der Waals surface area (Å²) in [5.74, 6) is 2.69. The molecule has 0 unspecified atom stereocenters. The molecule has 5 N–H and O–H groups in total. The number of aromatic nitrogens is 4. The zero-order valence-electron chi connectivity index (χ0n) is 14.0. The first-order chi connectivity index (χ1) is 12.7. The van der Waals surface area contributed by atoms with Crippen molar-refractivity contribution in [2.24, 2.45) is 0 Å². The first kappa shape index (κ1) is 15.9. The molecule has 2 aromatic heterocycles. The second-order valence-electron chi connectivity index (χ2n) is 6.27. The van der Waals surface area contributed by atoms with Gasteiger partial charge >= 0.3 is 0 Å². The van der Waals surface area contributed by atoms with Crippen molar-refractivity contribution in [1.29, 1.82) is 5.26 Å². The average Bonchev–Trinajstić information content (AvgIpc) is 3.40. The van der Waals surface area contributed by atoms with E-state index in [0.717, 1.165) is 11.3 Å². The van der Waals surface area contributed by atoms with E-state index >= 15 is 0 Å². The monoisotopic (exact) mass is 346 g/mol. The summed E-state index contributed by atoms with van der Waals surface area (Å²) in [6.45, 7) is 0.565. The Labute approximate surface area is 150 Å². The van der Waals surface area contributed by atoms with Gasteiger partial charge in [0.15, 0.2) is 5.82 Å². The Morgan fingerprint density at radius 1 is 1.12 bits per heavy atom. The smallest absolute Gasteiger partial charge is 0.223 e. The molecule has 1 saturated carbocycles. The van der Waals surface area contributed by atoms with Gasteiger partial charge in [-0.2, -0.15) is 20.3 Å². The SMILES string of the molecule is N#Cc1ccc(CNc2cc(Nc3cc(C4CC4)[nH]n3)nc(N)n2)cc1. The summed E-state index contributed by atoms with van der Waals surface area (Å²) in [5, 5.41) is 22.5. The van der Waals surface area contributed by atoms with Crippen molar-refractivity contribution in [3.05, 3.63) is 53.2 Å². The molecule has 0 radical (unpaired) electrons. The maximum atomic E-state index is 8.84. The fraction of sp³-hybridized carbons (Fsp3) is 0.222. The molecular formula is C18H18N8. The van der Waals surface area contributed by atoms with Crippen LogP contribution in [0.15, 0.2) is 36.4 Å². The van der Waals surface area contributed by atoms with Gasteiger partial charge in [0.2, 0.25) is 5.95 Å². The number of hydrogen-bond donors (Lipinski definition) is 4. The number of hydrogen-bond acceptors (Lipinski definition) is 7. The number of nitrogens with two attached hydrogens (primary N) is 1. The Morgan fingerprint density at radius 3 is 2.62 bits per heavy atom. The van der Waals surface area contributed by atoms with Gasteiger partial charge in [-0.3, -0.25) is 5.10 Å². The third-order valence-corrected chi connectivity index (χ3v) is 4.17. The molecule has 0 atom stereocenters. The quantitative estimate of drug-likeness (QED) is 0.540. The minimum Gasteiger partial charge on any atom is -0.368 e. The van der Waals surface area contributed by atoms with Crippen LogP contribution in [0.1, 0.15) is 35.6 Å². The van der Waals surface area contributed by atoms with Crippen molar-refractivity contribution < 1.29 is 0 Å². The van der Waals surface area contributed by atoms with E-state index in [4.69, 9.17) is 11.0 Å². The molecule has 4 rings (SSSR count). The molecule has 0 amide bonds. The molecule has 1 aromatic carbocycles. The number of benzene rings is 1. The number of nitrogens with zero attached hydrogens (tertiary/aromatic N) is 4. The van der Waals surface area contributed by atoms with Gasteiger partial charge in [-0.1, -0.05) is 12.1 Å². The number of nitrogen functional groups attached to an aromatic ring is 1. The van der Waals surface area contributed by atoms with Crippen LogP contribution in [-0.4, -0.2) is 20.2 Å². The lowest BCUT2D eigenvalue weighted by Crippen LogP contribution is -2.06. The highest BCUT2D eigenvalue weighted by Crippen LogP contribution is 2.39. The standard InChI is InChI=1S/C18H18N8/c19-9-11-1-3-12(4-2-11)10-21-15-8-16(24-18(20)23-15)22-17-7-14(25-26-17)13-5-6-13/h1-4,7-8,13H,5-6,10H2,(H5,20,21,22,23,24,25,26). The summed E-state index contributed by atoms with van der Waals surface area (Å²) in [7, 11) is 0. The number of nitriles is 1. The normalized spacial score (nSPS) is 13.2. The number of nitrogens with one attached hydrogen (secondary N) is 3. The molecule has 3 aromatic rings. The number of rotatable bonds is 6. The fourth-order valence-electron chi connectivity index (χ4n) is 2.65. The van der Waals surface area contributed by atoms with E-state index in [-0.39, 0.29) is 5.95 Å². The summed E-state index contributed by atoms with van der Waals surface area (Å²) < 4.78 is 0. The predicted octanol–water partition coefficient (Wildman–Crippen LogP) is 2.89. The highest BCUT2D eigenvalue weighted by molar-refractivity contribution is 5.58. The average molecular weight is 346 g/mol. The van der Waals surface area contributed by atoms with Crippen LogP contribution in [0, 0.1) is 11.3 Å². The van der Waals surface area contributed by atoms with E-state index in [2.05, 4.69) is 36.9 Å². The van der Waals surface area contributed by atoms with Crippen molar-refractivity contribution in [3.8, 4) is 6.07 Å². The van der Waals surface area contributed by atoms with Crippen molar-refractivity contribution in [2.75, 3.05) is 16.4 Å². The molecule has 1 aliphatic carbocycles. The third-order valence-electron chi connectivity index (χ3n) is 4.17. The topological polar surface area (TPSA) is 128 Å². The van der Waals surface area contributed by atoms with Crippen LogP contribution in [-0.2, 0) is 6.54 Å². The van der Waals surface area contributed by atoms with Gasteiger partial charge < -0.3 is 16.4 Å². The Morgan fingerprint density at radius 2 is 1.88 bits per heavy atom. The predicted molar refractivity (Wildman–Crippen MR) is 98.8 cm³/mol. The molecule has 2 heterocycles. The van der Waals surface area contributed by atoms with Crippen LogP contribution < -0.4 is 16.4 Å². The van der Waals surface area contributed by atoms with Crippen LogP contribution in [0.25, 0.3) is 0 Å². The molecule has 1 fully saturated rings. The lowest BCUT2D eigenvalue weighted by Gasteiger charge is -2.09. The Balaban J connectivity index is 1.43. The Hall–Kier alpha value is -3.60. The lowest BCUT2D eigenvalue weighted by molar-refractivity contribution is 0.966. The fourth-order valence-corrected chi connectivity index (χ4v) is 2.65. The molecule has 1 aliphatic rings. The minimum atomic E-state index is 0.176. The van der Waals surface area contributed by atoms with Crippen molar-refractivity contribution in [3.63, 3.8) is 0 Å². The Bertz CT molecular complexity index is 950. The third kappa shape index (κ3) is 3.72. The maximum Gasteiger partial charge on any atom is 0.223 e. The molecule has 26 heavy (non-hydrogen) atoms. The van der Waals surface area contributed by atoms with Crippen LogP contribution in [0.4, 0.5) is 23.4 Å². The maximum absolute atomic E-state index is 8.84. The van der Waals surface area contributed by atoms with Crippen LogP contribution in [0.3, 0.4) is 0 Å². The molecular weight excluding hydrogens is 328 g/mol. The van der Waals surface area contributed by atoms with Gasteiger partial charge in [-0.05, 0) is 30.5 Å². The number of anilines is 4. The molecule has 8 nitrogen and oxygen atoms in total. The molecule has 130 valence electrons. The zero-order chi connectivity index (χ0) is 17.9. The zero-order valence-corrected chi connectivity index (χ0v) is 14.0. The van der Waals surface area contributed by atoms with Crippen LogP contribution in [0.2, 0.25) is 0 Å². The summed E-state index contributed by atoms with van der Waals surface area (Å²) in [6, 6.07) is 13.3. The van der Waals surface area contributed by atoms with E-state index in [1.54, 1.807) is 18.2 Å². The first-order valence-electron chi connectivity index (χ1n) is 8.39. The van der Waals surface area contributed by atoms with Gasteiger partial charge in [0.25, 0.3) is 0 Å². The largest absolute Gasteiger partial charge is 0.368 e. The van der Waals surface area contributed by atoms with Crippen LogP contribution >= 0.6 is 0 Å². The summed E-state index contributed by atoms with van der Waals surface area (Å²) in [4.78, 5) is 8.40. The summed E-state index contributed by atoms with van der Waals surface area (Å²) >= 11 is 0. The van der Waals surface area contributed by atoms with E-state index < -0.39 is 0 Å². The number of aromatic amines is 1. The van der Waals surface area contributed by atoms with Gasteiger partial charge in [-0.15, -0.1) is 0 Å². The molecule has 0 spiro atoms. The molecule has 0 aliphatic heterocycles. The summed E-state index contributed by atoms with van der Waals surface area (Å²) in [5.41, 5.74) is 8.64.